The molecule has 0 amide bonds. The van der Waals surface area contributed by atoms with Crippen LogP contribution in [0, 0.1) is 6.92 Å². The van der Waals surface area contributed by atoms with E-state index in [4.69, 9.17) is 30.2 Å². The van der Waals surface area contributed by atoms with Crippen LogP contribution in [0.5, 0.6) is 11.5 Å². The second-order valence-corrected chi connectivity index (χ2v) is 5.00. The van der Waals surface area contributed by atoms with Crippen LogP contribution in [-0.4, -0.2) is 19.2 Å². The number of hydrogen-bond acceptors (Lipinski definition) is 5. The molecule has 3 rings (SSSR count). The molecule has 1 aliphatic heterocycles. The van der Waals surface area contributed by atoms with Gasteiger partial charge >= 0.3 is 5.97 Å². The van der Waals surface area contributed by atoms with Gasteiger partial charge in [0.05, 0.1) is 5.02 Å². The molecule has 0 atom stereocenters. The molecule has 110 valence electrons. The fraction of sp³-hybridized carbons (Fsp3) is 0.267. The fourth-order valence-corrected chi connectivity index (χ4v) is 2.30. The Bertz CT molecular complexity index is 677. The van der Waals surface area contributed by atoms with Gasteiger partial charge in [-0.15, -0.1) is 0 Å². The highest BCUT2D eigenvalue weighted by atomic mass is 35.5. The standard InChI is InChI=1S/C15H13ClO5/c1-9-2-3-12(21-9)15(17)20-8-10-6-11(16)14-13(7-10)18-4-5-19-14/h2-3,6-7H,4-5,8H2,1H3. The number of halogens is 1. The largest absolute Gasteiger partial charge is 0.486 e. The number of carbonyl (C=O) groups excluding carboxylic acids is 1. The van der Waals surface area contributed by atoms with E-state index in [0.717, 1.165) is 5.56 Å². The Morgan fingerprint density at radius 2 is 2.10 bits per heavy atom. The lowest BCUT2D eigenvalue weighted by atomic mass is 10.2. The average molecular weight is 309 g/mol. The number of aryl methyl sites for hydroxylation is 1. The van der Waals surface area contributed by atoms with Crippen LogP contribution >= 0.6 is 11.6 Å². The van der Waals surface area contributed by atoms with Crippen molar-refractivity contribution in [3.8, 4) is 11.5 Å². The molecule has 2 heterocycles. The van der Waals surface area contributed by atoms with Crippen molar-refractivity contribution in [3.05, 3.63) is 46.4 Å². The molecular formula is C15H13ClO5. The number of rotatable bonds is 3. The molecular weight excluding hydrogens is 296 g/mol. The molecule has 1 aromatic heterocycles. The van der Waals surface area contributed by atoms with Gasteiger partial charge in [-0.05, 0) is 36.8 Å². The minimum Gasteiger partial charge on any atom is -0.486 e. The Balaban J connectivity index is 1.71. The van der Waals surface area contributed by atoms with Crippen LogP contribution in [-0.2, 0) is 11.3 Å². The molecule has 2 aromatic rings. The highest BCUT2D eigenvalue weighted by molar-refractivity contribution is 6.32. The molecule has 0 radical (unpaired) electrons. The van der Waals surface area contributed by atoms with Crippen molar-refractivity contribution >= 4 is 17.6 Å². The van der Waals surface area contributed by atoms with Gasteiger partial charge in [0.2, 0.25) is 5.76 Å². The number of benzene rings is 1. The molecule has 0 saturated carbocycles. The molecule has 1 aliphatic rings. The third kappa shape index (κ3) is 2.97. The maximum atomic E-state index is 11.8. The number of fused-ring (bicyclic) bond motifs is 1. The molecule has 21 heavy (non-hydrogen) atoms. The van der Waals surface area contributed by atoms with Crippen molar-refractivity contribution in [2.75, 3.05) is 13.2 Å². The lowest BCUT2D eigenvalue weighted by Gasteiger charge is -2.20. The number of hydrogen-bond donors (Lipinski definition) is 0. The highest BCUT2D eigenvalue weighted by Crippen LogP contribution is 2.38. The molecule has 0 N–H and O–H groups in total. The van der Waals surface area contributed by atoms with Gasteiger partial charge in [0.15, 0.2) is 11.5 Å². The Labute approximate surface area is 126 Å². The highest BCUT2D eigenvalue weighted by Gasteiger charge is 2.18. The topological polar surface area (TPSA) is 57.9 Å². The van der Waals surface area contributed by atoms with E-state index in [1.165, 1.54) is 0 Å². The third-order valence-electron chi connectivity index (χ3n) is 2.97. The number of esters is 1. The van der Waals surface area contributed by atoms with Crippen LogP contribution in [0.4, 0.5) is 0 Å². The number of carbonyl (C=O) groups is 1. The van der Waals surface area contributed by atoms with Gasteiger partial charge in [0.1, 0.15) is 25.6 Å². The molecule has 0 fully saturated rings. The zero-order valence-corrected chi connectivity index (χ0v) is 12.1. The number of ether oxygens (including phenoxy) is 3. The first-order chi connectivity index (χ1) is 10.1. The summed E-state index contributed by atoms with van der Waals surface area (Å²) in [5.41, 5.74) is 0.723. The van der Waals surface area contributed by atoms with E-state index < -0.39 is 5.97 Å². The van der Waals surface area contributed by atoms with E-state index in [0.29, 0.717) is 35.5 Å². The SMILES string of the molecule is Cc1ccc(C(=O)OCc2cc(Cl)c3c(c2)OCCO3)o1. The zero-order chi connectivity index (χ0) is 14.8. The minimum absolute atomic E-state index is 0.0783. The summed E-state index contributed by atoms with van der Waals surface area (Å²) < 4.78 is 21.3. The third-order valence-corrected chi connectivity index (χ3v) is 3.25. The van der Waals surface area contributed by atoms with E-state index in [9.17, 15) is 4.79 Å². The van der Waals surface area contributed by atoms with Crippen molar-refractivity contribution in [1.82, 2.24) is 0 Å². The maximum Gasteiger partial charge on any atom is 0.374 e. The van der Waals surface area contributed by atoms with Gasteiger partial charge < -0.3 is 18.6 Å². The second-order valence-electron chi connectivity index (χ2n) is 4.59. The van der Waals surface area contributed by atoms with Crippen molar-refractivity contribution in [2.45, 2.75) is 13.5 Å². The van der Waals surface area contributed by atoms with E-state index in [2.05, 4.69) is 0 Å². The second kappa shape index (κ2) is 5.69. The quantitative estimate of drug-likeness (QED) is 0.814. The van der Waals surface area contributed by atoms with Gasteiger partial charge in [-0.2, -0.15) is 0 Å². The van der Waals surface area contributed by atoms with E-state index in [-0.39, 0.29) is 12.4 Å². The van der Waals surface area contributed by atoms with E-state index in [1.807, 2.05) is 0 Å². The van der Waals surface area contributed by atoms with Crippen LogP contribution in [0.15, 0.2) is 28.7 Å². The van der Waals surface area contributed by atoms with Crippen molar-refractivity contribution in [1.29, 1.82) is 0 Å². The van der Waals surface area contributed by atoms with Gasteiger partial charge in [0, 0.05) is 0 Å². The predicted molar refractivity (Wildman–Crippen MR) is 75.0 cm³/mol. The molecule has 0 bridgehead atoms. The van der Waals surface area contributed by atoms with Gasteiger partial charge in [-0.1, -0.05) is 11.6 Å². The summed E-state index contributed by atoms with van der Waals surface area (Å²) in [6, 6.07) is 6.72. The molecule has 0 saturated heterocycles. The minimum atomic E-state index is -0.519. The van der Waals surface area contributed by atoms with Crippen molar-refractivity contribution < 1.29 is 23.4 Å². The summed E-state index contributed by atoms with van der Waals surface area (Å²) in [7, 11) is 0. The lowest BCUT2D eigenvalue weighted by molar-refractivity contribution is 0.0434. The Kier molecular flexibility index (Phi) is 3.75. The molecule has 0 aliphatic carbocycles. The normalized spacial score (nSPS) is 13.0. The molecule has 0 spiro atoms. The van der Waals surface area contributed by atoms with E-state index >= 15 is 0 Å². The summed E-state index contributed by atoms with van der Waals surface area (Å²) in [5.74, 6) is 1.41. The first-order valence-corrected chi connectivity index (χ1v) is 6.83. The number of furan rings is 1. The summed E-state index contributed by atoms with van der Waals surface area (Å²) in [6.07, 6.45) is 0. The summed E-state index contributed by atoms with van der Waals surface area (Å²) in [5, 5.41) is 0.437. The Morgan fingerprint density at radius 3 is 2.86 bits per heavy atom. The van der Waals surface area contributed by atoms with Gasteiger partial charge in [0.25, 0.3) is 0 Å². The predicted octanol–water partition coefficient (Wildman–Crippen LogP) is 3.37. The smallest absolute Gasteiger partial charge is 0.374 e. The Morgan fingerprint density at radius 1 is 1.29 bits per heavy atom. The average Bonchev–Trinajstić information content (AvgIpc) is 2.91. The monoisotopic (exact) mass is 308 g/mol. The van der Waals surface area contributed by atoms with E-state index in [1.54, 1.807) is 31.2 Å². The summed E-state index contributed by atoms with van der Waals surface area (Å²) in [4.78, 5) is 11.8. The van der Waals surface area contributed by atoms with Crippen molar-refractivity contribution in [2.24, 2.45) is 0 Å². The maximum absolute atomic E-state index is 11.8. The van der Waals surface area contributed by atoms with Crippen LogP contribution in [0.1, 0.15) is 21.9 Å². The fourth-order valence-electron chi connectivity index (χ4n) is 2.01. The van der Waals surface area contributed by atoms with Crippen LogP contribution in [0.2, 0.25) is 5.02 Å². The zero-order valence-electron chi connectivity index (χ0n) is 11.3. The van der Waals surface area contributed by atoms with Crippen LogP contribution in [0.3, 0.4) is 0 Å². The molecule has 1 aromatic carbocycles. The molecule has 6 heteroatoms. The molecule has 0 unspecified atom stereocenters. The Hall–Kier alpha value is -2.14. The van der Waals surface area contributed by atoms with Crippen LogP contribution < -0.4 is 9.47 Å². The lowest BCUT2D eigenvalue weighted by Crippen LogP contribution is -2.16. The summed E-state index contributed by atoms with van der Waals surface area (Å²) >= 11 is 6.12. The van der Waals surface area contributed by atoms with Crippen molar-refractivity contribution in [3.63, 3.8) is 0 Å². The van der Waals surface area contributed by atoms with Gasteiger partial charge in [-0.25, -0.2) is 4.79 Å². The molecule has 5 nitrogen and oxygen atoms in total. The van der Waals surface area contributed by atoms with Crippen LogP contribution in [0.25, 0.3) is 0 Å². The summed E-state index contributed by atoms with van der Waals surface area (Å²) in [6.45, 7) is 2.78. The first-order valence-electron chi connectivity index (χ1n) is 6.45. The van der Waals surface area contributed by atoms with Gasteiger partial charge in [-0.3, -0.25) is 0 Å². The first kappa shape index (κ1) is 13.8.